The van der Waals surface area contributed by atoms with Gasteiger partial charge in [-0.2, -0.15) is 0 Å². The van der Waals surface area contributed by atoms with Crippen molar-refractivity contribution < 1.29 is 9.84 Å². The molecule has 1 aliphatic carbocycles. The Hall–Kier alpha value is -2.43. The predicted molar refractivity (Wildman–Crippen MR) is 217 cm³/mol. The summed E-state index contributed by atoms with van der Waals surface area (Å²) in [5.41, 5.74) is 18.8. The van der Waals surface area contributed by atoms with Gasteiger partial charge in [0.25, 0.3) is 0 Å². The number of thiocarbonyl (C=S) groups is 1. The summed E-state index contributed by atoms with van der Waals surface area (Å²) in [6.45, 7) is 40.0. The summed E-state index contributed by atoms with van der Waals surface area (Å²) >= 11 is 5.86. The van der Waals surface area contributed by atoms with E-state index in [2.05, 4.69) is 82.4 Å². The summed E-state index contributed by atoms with van der Waals surface area (Å²) in [4.78, 5) is 0.781. The first-order valence-electron chi connectivity index (χ1n) is 18.1. The van der Waals surface area contributed by atoms with Crippen LogP contribution in [0.15, 0.2) is 47.3 Å². The predicted octanol–water partition coefficient (Wildman–Crippen LogP) is 12.8. The summed E-state index contributed by atoms with van der Waals surface area (Å²) in [5.74, 6) is 1.78. The molecule has 1 saturated carbocycles. The number of rotatable bonds is 14. The van der Waals surface area contributed by atoms with E-state index in [9.17, 15) is 5.11 Å². The van der Waals surface area contributed by atoms with Crippen molar-refractivity contribution in [2.24, 2.45) is 17.1 Å². The summed E-state index contributed by atoms with van der Waals surface area (Å²) in [5, 5.41) is 10.2. The molecular weight excluding hydrogens is 595 g/mol. The van der Waals surface area contributed by atoms with Gasteiger partial charge in [0, 0.05) is 27.1 Å². The quantitative estimate of drug-likeness (QED) is 0.0897. The molecule has 1 aromatic carbocycles. The highest BCUT2D eigenvalue weighted by molar-refractivity contribution is 7.81. The second kappa shape index (κ2) is 23.8. The minimum atomic E-state index is -0.0368. The number of aliphatic hydroxyl groups excluding tert-OH is 1. The molecule has 47 heavy (non-hydrogen) atoms. The van der Waals surface area contributed by atoms with Crippen LogP contribution in [0.2, 0.25) is 0 Å². The first-order valence-corrected chi connectivity index (χ1v) is 18.5. The van der Waals surface area contributed by atoms with Crippen molar-refractivity contribution in [2.75, 3.05) is 6.61 Å². The number of hydrogen-bond acceptors (Lipinski definition) is 4. The highest BCUT2D eigenvalue weighted by Gasteiger charge is 2.41. The van der Waals surface area contributed by atoms with Crippen LogP contribution in [0.5, 0.6) is 0 Å². The maximum absolute atomic E-state index is 10.2. The van der Waals surface area contributed by atoms with Crippen LogP contribution in [0.1, 0.15) is 162 Å². The third-order valence-corrected chi connectivity index (χ3v) is 10.2. The molecule has 0 atom stereocenters. The Bertz CT molecular complexity index is 1250. The average Bonchev–Trinajstić information content (AvgIpc) is 3.87. The molecule has 268 valence electrons. The van der Waals surface area contributed by atoms with Crippen LogP contribution in [0.25, 0.3) is 11.8 Å². The third-order valence-electron chi connectivity index (χ3n) is 9.63. The zero-order chi connectivity index (χ0) is 37.1. The van der Waals surface area contributed by atoms with E-state index in [0.29, 0.717) is 11.1 Å². The maximum Gasteiger partial charge on any atom is 0.0932 e. The Morgan fingerprint density at radius 2 is 1.49 bits per heavy atom. The second-order valence-electron chi connectivity index (χ2n) is 12.9. The Balaban J connectivity index is 0. The molecule has 1 aromatic rings. The van der Waals surface area contributed by atoms with Crippen LogP contribution in [0, 0.1) is 18.3 Å². The molecule has 0 saturated heterocycles. The van der Waals surface area contributed by atoms with Crippen molar-refractivity contribution in [1.82, 2.24) is 0 Å². The number of nitrogens with two attached hydrogens (primary N) is 1. The fraction of sp³-hybridized carbons (Fsp3) is 0.605. The van der Waals surface area contributed by atoms with Gasteiger partial charge in [0.1, 0.15) is 0 Å². The van der Waals surface area contributed by atoms with Gasteiger partial charge in [-0.1, -0.05) is 111 Å². The zero-order valence-corrected chi connectivity index (χ0v) is 34.2. The molecular formula is C43H73NO2S. The lowest BCUT2D eigenvalue weighted by Gasteiger charge is -2.25. The first-order chi connectivity index (χ1) is 22.1. The Morgan fingerprint density at radius 3 is 1.79 bits per heavy atom. The van der Waals surface area contributed by atoms with Gasteiger partial charge in [-0.05, 0) is 125 Å². The van der Waals surface area contributed by atoms with Crippen LogP contribution in [0.3, 0.4) is 0 Å². The van der Waals surface area contributed by atoms with Crippen molar-refractivity contribution in [3.8, 4) is 0 Å². The Morgan fingerprint density at radius 1 is 0.979 bits per heavy atom. The Labute approximate surface area is 297 Å². The largest absolute Gasteiger partial charge is 0.498 e. The number of benzene rings is 1. The van der Waals surface area contributed by atoms with E-state index < -0.39 is 0 Å². The van der Waals surface area contributed by atoms with Crippen LogP contribution < -0.4 is 5.73 Å². The summed E-state index contributed by atoms with van der Waals surface area (Å²) in [6.07, 6.45) is 12.1. The number of allylic oxidation sites excluding steroid dienone is 6. The third kappa shape index (κ3) is 13.9. The summed E-state index contributed by atoms with van der Waals surface area (Å²) in [7, 11) is 0. The molecule has 3 N–H and O–H groups in total. The van der Waals surface area contributed by atoms with Gasteiger partial charge < -0.3 is 15.6 Å². The van der Waals surface area contributed by atoms with Crippen molar-refractivity contribution in [3.05, 3.63) is 80.7 Å². The van der Waals surface area contributed by atoms with E-state index in [1.165, 1.54) is 43.2 Å². The monoisotopic (exact) mass is 668 g/mol. The standard InChI is InChI=1S/C26H37NOS.C9H16O.C6H14.C2H6/c1-10-16(7)26(29)23(17(8)15(5)6)25(27)24-20(12-3)18(9)19(11-2)22(14-28)21(24)13-4;1-4-9(5-6-9)7-10-8(2)3;1-4-6(3)5-2;1-2/h10-11,28H,2,12-14,27H2,1,3-9H3;2,4-7H2,1,3H3;6H,4-5H2,1-3H3;1-2H3/b16-10-,25-23-;;;. The summed E-state index contributed by atoms with van der Waals surface area (Å²) in [6, 6.07) is 0. The molecule has 4 heteroatoms. The molecule has 0 radical (unpaired) electrons. The fourth-order valence-electron chi connectivity index (χ4n) is 5.23. The number of hydrogen-bond donors (Lipinski definition) is 2. The molecule has 0 unspecified atom stereocenters. The average molecular weight is 668 g/mol. The smallest absolute Gasteiger partial charge is 0.0932 e. The lowest BCUT2D eigenvalue weighted by Crippen LogP contribution is -2.17. The molecule has 0 aliphatic heterocycles. The molecule has 0 bridgehead atoms. The van der Waals surface area contributed by atoms with Gasteiger partial charge in [0.2, 0.25) is 0 Å². The molecule has 1 fully saturated rings. The van der Waals surface area contributed by atoms with Crippen LogP contribution in [-0.4, -0.2) is 16.6 Å². The maximum atomic E-state index is 10.2. The van der Waals surface area contributed by atoms with Crippen molar-refractivity contribution >= 4 is 28.9 Å². The molecule has 1 aliphatic rings. The minimum absolute atomic E-state index is 0.0368. The van der Waals surface area contributed by atoms with E-state index in [1.54, 1.807) is 0 Å². The van der Waals surface area contributed by atoms with E-state index in [1.807, 2.05) is 46.8 Å². The molecule has 0 amide bonds. The van der Waals surface area contributed by atoms with Gasteiger partial charge in [-0.15, -0.1) is 0 Å². The molecule has 2 rings (SSSR count). The highest BCUT2D eigenvalue weighted by atomic mass is 32.1. The van der Waals surface area contributed by atoms with Crippen molar-refractivity contribution in [2.45, 2.75) is 155 Å². The second-order valence-corrected chi connectivity index (χ2v) is 13.3. The van der Waals surface area contributed by atoms with Crippen LogP contribution in [0.4, 0.5) is 0 Å². The fourth-order valence-corrected chi connectivity index (χ4v) is 5.61. The minimum Gasteiger partial charge on any atom is -0.498 e. The van der Waals surface area contributed by atoms with E-state index >= 15 is 0 Å². The highest BCUT2D eigenvalue weighted by Crippen LogP contribution is 2.48. The molecule has 0 heterocycles. The lowest BCUT2D eigenvalue weighted by atomic mass is 9.81. The van der Waals surface area contributed by atoms with E-state index in [-0.39, 0.29) is 6.61 Å². The molecule has 3 nitrogen and oxygen atoms in total. The number of aliphatic hydroxyl groups is 1. The molecule has 0 aromatic heterocycles. The van der Waals surface area contributed by atoms with Crippen LogP contribution >= 0.6 is 12.2 Å². The van der Waals surface area contributed by atoms with E-state index in [4.69, 9.17) is 22.7 Å². The molecule has 0 spiro atoms. The van der Waals surface area contributed by atoms with E-state index in [0.717, 1.165) is 80.5 Å². The lowest BCUT2D eigenvalue weighted by molar-refractivity contribution is 0.153. The number of ether oxygens (including phenoxy) is 1. The van der Waals surface area contributed by atoms with Gasteiger partial charge in [0.15, 0.2) is 0 Å². The summed E-state index contributed by atoms with van der Waals surface area (Å²) < 4.78 is 5.37. The Kier molecular flexibility index (Phi) is 23.7. The van der Waals surface area contributed by atoms with Crippen LogP contribution in [-0.2, 0) is 24.2 Å². The topological polar surface area (TPSA) is 55.5 Å². The van der Waals surface area contributed by atoms with Gasteiger partial charge in [-0.25, -0.2) is 0 Å². The first kappa shape index (κ1) is 46.7. The van der Waals surface area contributed by atoms with Gasteiger partial charge in [0.05, 0.1) is 19.0 Å². The zero-order valence-electron chi connectivity index (χ0n) is 33.4. The van der Waals surface area contributed by atoms with Crippen molar-refractivity contribution in [3.63, 3.8) is 0 Å². The van der Waals surface area contributed by atoms with Gasteiger partial charge in [-0.3, -0.25) is 0 Å². The SMILES string of the molecule is C=C(C)OCC1(CC)CC1.C=Cc1c(C)c(CC)c(/C(N)=C(/C(=S)/C(C)=C\C)C(C)=C(C)C)c(CC)c1CO.CC.CCC(C)CC. The normalized spacial score (nSPS) is 13.4. The van der Waals surface area contributed by atoms with Gasteiger partial charge >= 0.3 is 0 Å². The van der Waals surface area contributed by atoms with Crippen molar-refractivity contribution in [1.29, 1.82) is 0 Å².